The van der Waals surface area contributed by atoms with Gasteiger partial charge in [-0.2, -0.15) is 5.10 Å². The van der Waals surface area contributed by atoms with Crippen molar-refractivity contribution >= 4 is 18.0 Å². The summed E-state index contributed by atoms with van der Waals surface area (Å²) >= 11 is 0. The van der Waals surface area contributed by atoms with Gasteiger partial charge in [-0.15, -0.1) is 0 Å². The molecule has 1 rings (SSSR count). The van der Waals surface area contributed by atoms with Crippen molar-refractivity contribution in [3.05, 3.63) is 24.0 Å². The van der Waals surface area contributed by atoms with Gasteiger partial charge in [0.05, 0.1) is 5.69 Å². The Morgan fingerprint density at radius 2 is 2.33 bits per heavy atom. The molecule has 1 heterocycles. The number of amides is 1. The number of aromatic nitrogens is 2. The molecule has 0 spiro atoms. The van der Waals surface area contributed by atoms with Crippen LogP contribution in [0.5, 0.6) is 0 Å². The molecule has 1 amide bonds. The van der Waals surface area contributed by atoms with E-state index >= 15 is 0 Å². The quantitative estimate of drug-likeness (QED) is 0.732. The van der Waals surface area contributed by atoms with Crippen LogP contribution >= 0.6 is 0 Å². The Labute approximate surface area is 105 Å². The minimum atomic E-state index is -0.860. The molecule has 1 atom stereocenters. The van der Waals surface area contributed by atoms with Crippen LogP contribution in [-0.4, -0.2) is 32.8 Å². The summed E-state index contributed by atoms with van der Waals surface area (Å²) in [5.41, 5.74) is 0.823. The zero-order chi connectivity index (χ0) is 13.5. The van der Waals surface area contributed by atoms with E-state index < -0.39 is 5.97 Å². The van der Waals surface area contributed by atoms with Crippen LogP contribution in [0.25, 0.3) is 6.08 Å². The van der Waals surface area contributed by atoms with E-state index in [0.29, 0.717) is 6.42 Å². The Morgan fingerprint density at radius 1 is 1.61 bits per heavy atom. The van der Waals surface area contributed by atoms with Crippen LogP contribution in [-0.2, 0) is 16.6 Å². The van der Waals surface area contributed by atoms with Gasteiger partial charge in [0.2, 0.25) is 5.91 Å². The number of nitrogens with one attached hydrogen (secondary N) is 1. The second-order valence-corrected chi connectivity index (χ2v) is 4.06. The lowest BCUT2D eigenvalue weighted by atomic mass is 10.2. The SMILES string of the molecule is CC(CCC(=O)O)NC(=O)C=Cc1ccnn1C. The molecule has 0 aromatic carbocycles. The lowest BCUT2D eigenvalue weighted by Gasteiger charge is -2.10. The molecule has 18 heavy (non-hydrogen) atoms. The van der Waals surface area contributed by atoms with Crippen LogP contribution in [0.2, 0.25) is 0 Å². The fraction of sp³-hybridized carbons (Fsp3) is 0.417. The fourth-order valence-electron chi connectivity index (χ4n) is 1.41. The van der Waals surface area contributed by atoms with Crippen molar-refractivity contribution in [2.24, 2.45) is 7.05 Å². The van der Waals surface area contributed by atoms with Crippen LogP contribution in [0.4, 0.5) is 0 Å². The van der Waals surface area contributed by atoms with Gasteiger partial charge in [0.15, 0.2) is 0 Å². The maximum atomic E-state index is 11.5. The van der Waals surface area contributed by atoms with Crippen molar-refractivity contribution in [3.63, 3.8) is 0 Å². The fourth-order valence-corrected chi connectivity index (χ4v) is 1.41. The average molecular weight is 251 g/mol. The molecule has 6 heteroatoms. The van der Waals surface area contributed by atoms with Crippen LogP contribution in [0.15, 0.2) is 18.3 Å². The molecule has 0 aliphatic heterocycles. The molecule has 0 saturated carbocycles. The predicted molar refractivity (Wildman–Crippen MR) is 66.7 cm³/mol. The van der Waals surface area contributed by atoms with E-state index in [1.54, 1.807) is 37.0 Å². The van der Waals surface area contributed by atoms with Gasteiger partial charge in [-0.05, 0) is 25.5 Å². The Kier molecular flexibility index (Phi) is 5.10. The molecule has 0 bridgehead atoms. The van der Waals surface area contributed by atoms with Crippen LogP contribution in [0, 0.1) is 0 Å². The van der Waals surface area contributed by atoms with Crippen molar-refractivity contribution in [2.75, 3.05) is 0 Å². The van der Waals surface area contributed by atoms with Gasteiger partial charge in [-0.25, -0.2) is 0 Å². The first-order valence-electron chi connectivity index (χ1n) is 5.67. The Balaban J connectivity index is 2.39. The third-order valence-electron chi connectivity index (χ3n) is 2.44. The molecule has 98 valence electrons. The molecule has 6 nitrogen and oxygen atoms in total. The number of carbonyl (C=O) groups is 2. The molecule has 0 saturated heterocycles. The normalized spacial score (nSPS) is 12.6. The van der Waals surface area contributed by atoms with Crippen molar-refractivity contribution in [1.82, 2.24) is 15.1 Å². The Bertz CT molecular complexity index is 451. The summed E-state index contributed by atoms with van der Waals surface area (Å²) in [5.74, 6) is -1.10. The number of hydrogen-bond acceptors (Lipinski definition) is 3. The Hall–Kier alpha value is -2.11. The van der Waals surface area contributed by atoms with E-state index in [0.717, 1.165) is 5.69 Å². The highest BCUT2D eigenvalue weighted by Crippen LogP contribution is 2.00. The molecule has 1 unspecified atom stereocenters. The van der Waals surface area contributed by atoms with E-state index in [2.05, 4.69) is 10.4 Å². The van der Waals surface area contributed by atoms with Crippen LogP contribution in [0.3, 0.4) is 0 Å². The maximum Gasteiger partial charge on any atom is 0.303 e. The predicted octanol–water partition coefficient (Wildman–Crippen LogP) is 0.803. The second-order valence-electron chi connectivity index (χ2n) is 4.06. The van der Waals surface area contributed by atoms with Gasteiger partial charge < -0.3 is 10.4 Å². The first-order valence-corrected chi connectivity index (χ1v) is 5.67. The number of carboxylic acid groups (broad SMARTS) is 1. The topological polar surface area (TPSA) is 84.2 Å². The number of carboxylic acids is 1. The molecular weight excluding hydrogens is 234 g/mol. The average Bonchev–Trinajstić information content (AvgIpc) is 2.69. The van der Waals surface area contributed by atoms with Gasteiger partial charge >= 0.3 is 5.97 Å². The Morgan fingerprint density at radius 3 is 2.89 bits per heavy atom. The summed E-state index contributed by atoms with van der Waals surface area (Å²) in [6.07, 6.45) is 5.18. The molecule has 0 fully saturated rings. The number of aryl methyl sites for hydroxylation is 1. The maximum absolute atomic E-state index is 11.5. The van der Waals surface area contributed by atoms with E-state index in [1.165, 1.54) is 6.08 Å². The molecular formula is C12H17N3O3. The molecule has 0 aliphatic rings. The van der Waals surface area contributed by atoms with Crippen molar-refractivity contribution < 1.29 is 14.7 Å². The lowest BCUT2D eigenvalue weighted by Crippen LogP contribution is -2.31. The minimum absolute atomic E-state index is 0.0485. The zero-order valence-corrected chi connectivity index (χ0v) is 10.5. The standard InChI is InChI=1S/C12H17N3O3/c1-9(3-6-12(17)18)14-11(16)5-4-10-7-8-13-15(10)2/h4-5,7-9H,3,6H2,1-2H3,(H,14,16)(H,17,18). The van der Waals surface area contributed by atoms with E-state index in [4.69, 9.17) is 5.11 Å². The molecule has 0 radical (unpaired) electrons. The van der Waals surface area contributed by atoms with Gasteiger partial charge in [-0.3, -0.25) is 14.3 Å². The third kappa shape index (κ3) is 4.82. The van der Waals surface area contributed by atoms with Crippen molar-refractivity contribution in [1.29, 1.82) is 0 Å². The van der Waals surface area contributed by atoms with Crippen LogP contribution < -0.4 is 5.32 Å². The highest BCUT2D eigenvalue weighted by molar-refractivity contribution is 5.91. The van der Waals surface area contributed by atoms with Gasteiger partial charge in [0.1, 0.15) is 0 Å². The summed E-state index contributed by atoms with van der Waals surface area (Å²) in [6.45, 7) is 1.78. The van der Waals surface area contributed by atoms with E-state index in [1.807, 2.05) is 0 Å². The van der Waals surface area contributed by atoms with Crippen LogP contribution in [0.1, 0.15) is 25.5 Å². The second kappa shape index (κ2) is 6.58. The number of aliphatic carboxylic acids is 1. The number of nitrogens with zero attached hydrogens (tertiary/aromatic N) is 2. The summed E-state index contributed by atoms with van der Waals surface area (Å²) < 4.78 is 1.65. The highest BCUT2D eigenvalue weighted by atomic mass is 16.4. The lowest BCUT2D eigenvalue weighted by molar-refractivity contribution is -0.137. The smallest absolute Gasteiger partial charge is 0.303 e. The van der Waals surface area contributed by atoms with Crippen molar-refractivity contribution in [3.8, 4) is 0 Å². The van der Waals surface area contributed by atoms with Crippen molar-refractivity contribution in [2.45, 2.75) is 25.8 Å². The number of rotatable bonds is 6. The van der Waals surface area contributed by atoms with Gasteiger partial charge in [0.25, 0.3) is 0 Å². The molecule has 1 aromatic rings. The summed E-state index contributed by atoms with van der Waals surface area (Å²) in [4.78, 5) is 21.9. The highest BCUT2D eigenvalue weighted by Gasteiger charge is 2.07. The third-order valence-corrected chi connectivity index (χ3v) is 2.44. The largest absolute Gasteiger partial charge is 0.481 e. The minimum Gasteiger partial charge on any atom is -0.481 e. The number of hydrogen-bond donors (Lipinski definition) is 2. The first kappa shape index (κ1) is 14.0. The zero-order valence-electron chi connectivity index (χ0n) is 10.5. The summed E-state index contributed by atoms with van der Waals surface area (Å²) in [5, 5.41) is 15.2. The summed E-state index contributed by atoms with van der Waals surface area (Å²) in [6, 6.07) is 1.63. The molecule has 1 aromatic heterocycles. The molecule has 2 N–H and O–H groups in total. The van der Waals surface area contributed by atoms with E-state index in [-0.39, 0.29) is 18.4 Å². The summed E-state index contributed by atoms with van der Waals surface area (Å²) in [7, 11) is 1.78. The van der Waals surface area contributed by atoms with Gasteiger partial charge in [0, 0.05) is 31.8 Å². The monoisotopic (exact) mass is 251 g/mol. The molecule has 0 aliphatic carbocycles. The van der Waals surface area contributed by atoms with Gasteiger partial charge in [-0.1, -0.05) is 0 Å². The number of carbonyl (C=O) groups excluding carboxylic acids is 1. The first-order chi connectivity index (χ1) is 8.49. The van der Waals surface area contributed by atoms with E-state index in [9.17, 15) is 9.59 Å².